The normalized spacial score (nSPS) is 20.4. The lowest BCUT2D eigenvalue weighted by atomic mass is 9.89. The van der Waals surface area contributed by atoms with Gasteiger partial charge in [0.25, 0.3) is 0 Å². The van der Waals surface area contributed by atoms with Crippen LogP contribution >= 0.6 is 0 Å². The Bertz CT molecular complexity index is 398. The van der Waals surface area contributed by atoms with Crippen LogP contribution in [0.25, 0.3) is 0 Å². The summed E-state index contributed by atoms with van der Waals surface area (Å²) in [6, 6.07) is 0. The Hall–Kier alpha value is -0.990. The van der Waals surface area contributed by atoms with Crippen molar-refractivity contribution in [3.05, 3.63) is 11.8 Å². The SMILES string of the molecule is CC(C)(C)c1cn[nH]c1OCC(C1CC1)C1CC1. The molecule has 1 aromatic rings. The van der Waals surface area contributed by atoms with Gasteiger partial charge in [0.15, 0.2) is 0 Å². The van der Waals surface area contributed by atoms with Gasteiger partial charge in [0.05, 0.1) is 12.8 Å². The molecule has 3 rings (SSSR count). The maximum absolute atomic E-state index is 6.05. The first-order chi connectivity index (χ1) is 8.55. The van der Waals surface area contributed by atoms with Crippen molar-refractivity contribution in [3.63, 3.8) is 0 Å². The van der Waals surface area contributed by atoms with Crippen LogP contribution in [0, 0.1) is 17.8 Å². The molecule has 0 spiro atoms. The lowest BCUT2D eigenvalue weighted by Crippen LogP contribution is -2.18. The van der Waals surface area contributed by atoms with Gasteiger partial charge in [-0.1, -0.05) is 20.8 Å². The Morgan fingerprint density at radius 3 is 2.39 bits per heavy atom. The zero-order valence-corrected chi connectivity index (χ0v) is 11.7. The van der Waals surface area contributed by atoms with Crippen LogP contribution in [0.1, 0.15) is 52.0 Å². The maximum atomic E-state index is 6.05. The highest BCUT2D eigenvalue weighted by atomic mass is 16.5. The maximum Gasteiger partial charge on any atom is 0.212 e. The van der Waals surface area contributed by atoms with Gasteiger partial charge in [0, 0.05) is 5.56 Å². The molecule has 0 amide bonds. The molecule has 1 aromatic heterocycles. The van der Waals surface area contributed by atoms with Crippen molar-refractivity contribution >= 4 is 0 Å². The van der Waals surface area contributed by atoms with Crippen LogP contribution in [0.5, 0.6) is 5.88 Å². The van der Waals surface area contributed by atoms with E-state index in [1.807, 2.05) is 6.20 Å². The van der Waals surface area contributed by atoms with Gasteiger partial charge in [-0.25, -0.2) is 5.10 Å². The number of nitrogens with zero attached hydrogens (tertiary/aromatic N) is 1. The highest BCUT2D eigenvalue weighted by molar-refractivity contribution is 5.29. The van der Waals surface area contributed by atoms with E-state index in [4.69, 9.17) is 4.74 Å². The van der Waals surface area contributed by atoms with Crippen LogP contribution in [0.3, 0.4) is 0 Å². The average Bonchev–Trinajstić information content (AvgIpc) is 3.18. The molecule has 3 nitrogen and oxygen atoms in total. The van der Waals surface area contributed by atoms with E-state index >= 15 is 0 Å². The summed E-state index contributed by atoms with van der Waals surface area (Å²) in [4.78, 5) is 0. The second-order valence-electron chi connectivity index (χ2n) is 7.01. The van der Waals surface area contributed by atoms with E-state index < -0.39 is 0 Å². The molecule has 1 N–H and O–H groups in total. The molecule has 0 unspecified atom stereocenters. The number of aromatic nitrogens is 2. The Balaban J connectivity index is 1.64. The van der Waals surface area contributed by atoms with E-state index in [1.165, 1.54) is 31.2 Å². The van der Waals surface area contributed by atoms with Crippen LogP contribution in [-0.4, -0.2) is 16.8 Å². The summed E-state index contributed by atoms with van der Waals surface area (Å²) in [7, 11) is 0. The highest BCUT2D eigenvalue weighted by Gasteiger charge is 2.41. The third-order valence-electron chi connectivity index (χ3n) is 4.29. The van der Waals surface area contributed by atoms with Gasteiger partial charge >= 0.3 is 0 Å². The molecular formula is C15H24N2O. The minimum Gasteiger partial charge on any atom is -0.477 e. The topological polar surface area (TPSA) is 37.9 Å². The monoisotopic (exact) mass is 248 g/mol. The largest absolute Gasteiger partial charge is 0.477 e. The van der Waals surface area contributed by atoms with Gasteiger partial charge in [-0.2, -0.15) is 5.10 Å². The fourth-order valence-corrected chi connectivity index (χ4v) is 2.80. The minimum absolute atomic E-state index is 0.0942. The molecule has 100 valence electrons. The number of nitrogens with one attached hydrogen (secondary N) is 1. The summed E-state index contributed by atoms with van der Waals surface area (Å²) in [5, 5.41) is 7.15. The summed E-state index contributed by atoms with van der Waals surface area (Å²) in [5.74, 6) is 3.56. The van der Waals surface area contributed by atoms with Crippen LogP contribution in [0.4, 0.5) is 0 Å². The van der Waals surface area contributed by atoms with Crippen LogP contribution < -0.4 is 4.74 Å². The summed E-state index contributed by atoms with van der Waals surface area (Å²) in [6.45, 7) is 7.47. The van der Waals surface area contributed by atoms with Crippen LogP contribution in [0.2, 0.25) is 0 Å². The fourth-order valence-electron chi connectivity index (χ4n) is 2.80. The first-order valence-electron chi connectivity index (χ1n) is 7.22. The summed E-state index contributed by atoms with van der Waals surface area (Å²) in [6.07, 6.45) is 7.57. The number of hydrogen-bond acceptors (Lipinski definition) is 2. The molecule has 1 heterocycles. The molecule has 0 aromatic carbocycles. The molecule has 0 aliphatic heterocycles. The standard InChI is InChI=1S/C15H24N2O/c1-15(2,3)13-8-16-17-14(13)18-9-12(10-4-5-10)11-6-7-11/h8,10-12H,4-7,9H2,1-3H3,(H,16,17). The van der Waals surface area contributed by atoms with Gasteiger partial charge in [-0.05, 0) is 48.9 Å². The van der Waals surface area contributed by atoms with E-state index in [0.717, 1.165) is 30.2 Å². The van der Waals surface area contributed by atoms with Gasteiger partial charge < -0.3 is 4.74 Å². The van der Waals surface area contributed by atoms with Crippen molar-refractivity contribution in [2.24, 2.45) is 17.8 Å². The Morgan fingerprint density at radius 2 is 1.89 bits per heavy atom. The van der Waals surface area contributed by atoms with Crippen molar-refractivity contribution in [2.45, 2.75) is 51.9 Å². The Morgan fingerprint density at radius 1 is 1.28 bits per heavy atom. The zero-order valence-electron chi connectivity index (χ0n) is 11.7. The van der Waals surface area contributed by atoms with Crippen molar-refractivity contribution < 1.29 is 4.74 Å². The van der Waals surface area contributed by atoms with Crippen molar-refractivity contribution in [2.75, 3.05) is 6.61 Å². The molecule has 0 bridgehead atoms. The molecule has 2 aliphatic rings. The fraction of sp³-hybridized carbons (Fsp3) is 0.800. The highest BCUT2D eigenvalue weighted by Crippen LogP contribution is 2.49. The van der Waals surface area contributed by atoms with Crippen molar-refractivity contribution in [1.82, 2.24) is 10.2 Å². The number of hydrogen-bond donors (Lipinski definition) is 1. The third kappa shape index (κ3) is 2.55. The number of rotatable bonds is 5. The number of ether oxygens (including phenoxy) is 1. The second kappa shape index (κ2) is 4.29. The minimum atomic E-state index is 0.0942. The van der Waals surface area contributed by atoms with E-state index in [1.54, 1.807) is 0 Å². The van der Waals surface area contributed by atoms with Crippen molar-refractivity contribution in [3.8, 4) is 5.88 Å². The summed E-state index contributed by atoms with van der Waals surface area (Å²) >= 11 is 0. The molecule has 0 atom stereocenters. The molecule has 2 fully saturated rings. The molecule has 3 heteroatoms. The van der Waals surface area contributed by atoms with Gasteiger partial charge in [0.2, 0.25) is 5.88 Å². The summed E-state index contributed by atoms with van der Waals surface area (Å²) in [5.41, 5.74) is 1.28. The first-order valence-corrected chi connectivity index (χ1v) is 7.22. The van der Waals surface area contributed by atoms with Gasteiger partial charge in [-0.3, -0.25) is 0 Å². The average molecular weight is 248 g/mol. The Kier molecular flexibility index (Phi) is 2.87. The second-order valence-corrected chi connectivity index (χ2v) is 7.01. The predicted octanol–water partition coefficient (Wildman–Crippen LogP) is 3.52. The van der Waals surface area contributed by atoms with Gasteiger partial charge in [0.1, 0.15) is 0 Å². The molecule has 2 aliphatic carbocycles. The van der Waals surface area contributed by atoms with E-state index in [2.05, 4.69) is 31.0 Å². The molecule has 18 heavy (non-hydrogen) atoms. The number of aromatic amines is 1. The van der Waals surface area contributed by atoms with Crippen LogP contribution in [0.15, 0.2) is 6.20 Å². The molecule has 0 radical (unpaired) electrons. The molecular weight excluding hydrogens is 224 g/mol. The van der Waals surface area contributed by atoms with E-state index in [-0.39, 0.29) is 5.41 Å². The van der Waals surface area contributed by atoms with E-state index in [9.17, 15) is 0 Å². The third-order valence-corrected chi connectivity index (χ3v) is 4.29. The molecule has 0 saturated heterocycles. The molecule has 2 saturated carbocycles. The summed E-state index contributed by atoms with van der Waals surface area (Å²) < 4.78 is 6.05. The van der Waals surface area contributed by atoms with Crippen LogP contribution in [-0.2, 0) is 5.41 Å². The van der Waals surface area contributed by atoms with Gasteiger partial charge in [-0.15, -0.1) is 0 Å². The van der Waals surface area contributed by atoms with Crippen molar-refractivity contribution in [1.29, 1.82) is 0 Å². The Labute approximate surface area is 109 Å². The van der Waals surface area contributed by atoms with E-state index in [0.29, 0.717) is 0 Å². The lowest BCUT2D eigenvalue weighted by Gasteiger charge is -2.20. The smallest absolute Gasteiger partial charge is 0.212 e. The predicted molar refractivity (Wildman–Crippen MR) is 71.7 cm³/mol. The number of H-pyrrole nitrogens is 1. The lowest BCUT2D eigenvalue weighted by molar-refractivity contribution is 0.202. The zero-order chi connectivity index (χ0) is 12.8. The first kappa shape index (κ1) is 12.1. The quantitative estimate of drug-likeness (QED) is 0.865.